The van der Waals surface area contributed by atoms with Gasteiger partial charge in [-0.05, 0) is 42.8 Å². The second kappa shape index (κ2) is 6.80. The third kappa shape index (κ3) is 3.87. The smallest absolute Gasteiger partial charge is 0.120 e. The van der Waals surface area contributed by atoms with Crippen LogP contribution in [0.4, 0.5) is 0 Å². The summed E-state index contributed by atoms with van der Waals surface area (Å²) in [4.78, 5) is 0. The van der Waals surface area contributed by atoms with Crippen molar-refractivity contribution in [3.63, 3.8) is 0 Å². The Morgan fingerprint density at radius 3 is 2.37 bits per heavy atom. The zero-order chi connectivity index (χ0) is 13.7. The lowest BCUT2D eigenvalue weighted by Gasteiger charge is -2.10. The molecule has 19 heavy (non-hydrogen) atoms. The van der Waals surface area contributed by atoms with Crippen LogP contribution in [0.2, 0.25) is 10.0 Å². The molecule has 2 rings (SSSR count). The zero-order valence-corrected chi connectivity index (χ0v) is 11.9. The van der Waals surface area contributed by atoms with Crippen molar-refractivity contribution in [2.24, 2.45) is 5.73 Å². The first-order valence-corrected chi connectivity index (χ1v) is 6.81. The zero-order valence-electron chi connectivity index (χ0n) is 10.4. The van der Waals surface area contributed by atoms with Gasteiger partial charge >= 0.3 is 0 Å². The predicted molar refractivity (Wildman–Crippen MR) is 80.0 cm³/mol. The van der Waals surface area contributed by atoms with Crippen LogP contribution in [0.3, 0.4) is 0 Å². The van der Waals surface area contributed by atoms with E-state index in [0.29, 0.717) is 23.2 Å². The molecule has 0 spiro atoms. The number of ether oxygens (including phenoxy) is 1. The molecule has 2 aromatic rings. The highest BCUT2D eigenvalue weighted by Gasteiger charge is 2.06. The Bertz CT molecular complexity index is 537. The molecule has 0 saturated heterocycles. The van der Waals surface area contributed by atoms with E-state index in [2.05, 4.69) is 0 Å². The van der Waals surface area contributed by atoms with Crippen molar-refractivity contribution in [1.29, 1.82) is 0 Å². The van der Waals surface area contributed by atoms with Gasteiger partial charge in [0.05, 0.1) is 0 Å². The van der Waals surface area contributed by atoms with Gasteiger partial charge in [-0.3, -0.25) is 0 Å². The molecule has 2 aromatic carbocycles. The number of nitrogens with two attached hydrogens (primary N) is 1. The monoisotopic (exact) mass is 295 g/mol. The van der Waals surface area contributed by atoms with E-state index < -0.39 is 0 Å². The maximum absolute atomic E-state index is 6.10. The van der Waals surface area contributed by atoms with Gasteiger partial charge < -0.3 is 10.5 Å². The van der Waals surface area contributed by atoms with Gasteiger partial charge in [0.25, 0.3) is 0 Å². The van der Waals surface area contributed by atoms with Gasteiger partial charge in [-0.25, -0.2) is 0 Å². The van der Waals surface area contributed by atoms with Gasteiger partial charge in [-0.15, -0.1) is 0 Å². The normalized spacial score (nSPS) is 10.5. The fourth-order valence-electron chi connectivity index (χ4n) is 1.78. The molecule has 0 heterocycles. The molecule has 0 radical (unpaired) electrons. The van der Waals surface area contributed by atoms with E-state index in [9.17, 15) is 0 Å². The van der Waals surface area contributed by atoms with Crippen LogP contribution in [-0.4, -0.2) is 6.54 Å². The number of halogens is 2. The molecule has 0 saturated carbocycles. The number of benzene rings is 2. The molecule has 0 bridgehead atoms. The molecule has 0 atom stereocenters. The van der Waals surface area contributed by atoms with Crippen LogP contribution in [0.5, 0.6) is 5.75 Å². The molecule has 0 amide bonds. The van der Waals surface area contributed by atoms with E-state index in [0.717, 1.165) is 23.3 Å². The molecule has 0 aromatic heterocycles. The average Bonchev–Trinajstić information content (AvgIpc) is 2.39. The first-order chi connectivity index (χ1) is 9.20. The summed E-state index contributed by atoms with van der Waals surface area (Å²) in [5.74, 6) is 0.793. The largest absolute Gasteiger partial charge is 0.489 e. The third-order valence-corrected chi connectivity index (χ3v) is 3.48. The molecule has 0 unspecified atom stereocenters. The summed E-state index contributed by atoms with van der Waals surface area (Å²) in [5, 5.41) is 1.23. The Balaban J connectivity index is 2.08. The van der Waals surface area contributed by atoms with E-state index in [1.54, 1.807) is 12.1 Å². The standard InChI is InChI=1S/C15H15Cl2NO/c16-14-5-2-6-15(17)13(14)10-19-12-4-1-3-11(9-12)7-8-18/h1-6,9H,7-8,10,18H2. The minimum atomic E-state index is 0.352. The molecule has 2 N–H and O–H groups in total. The lowest BCUT2D eigenvalue weighted by molar-refractivity contribution is 0.306. The maximum atomic E-state index is 6.10. The molecule has 0 aliphatic rings. The first kappa shape index (κ1) is 14.2. The third-order valence-electron chi connectivity index (χ3n) is 2.78. The molecule has 0 aliphatic heterocycles. The molecule has 2 nitrogen and oxygen atoms in total. The predicted octanol–water partition coefficient (Wildman–Crippen LogP) is 4.07. The molecule has 0 aliphatic carbocycles. The van der Waals surface area contributed by atoms with Crippen molar-refractivity contribution in [2.75, 3.05) is 6.54 Å². The fourth-order valence-corrected chi connectivity index (χ4v) is 2.29. The van der Waals surface area contributed by atoms with Crippen LogP contribution in [0.15, 0.2) is 42.5 Å². The Hall–Kier alpha value is -1.22. The second-order valence-electron chi connectivity index (χ2n) is 4.17. The summed E-state index contributed by atoms with van der Waals surface area (Å²) in [6, 6.07) is 13.3. The van der Waals surface area contributed by atoms with Crippen LogP contribution < -0.4 is 10.5 Å². The maximum Gasteiger partial charge on any atom is 0.120 e. The Morgan fingerprint density at radius 1 is 1.00 bits per heavy atom. The van der Waals surface area contributed by atoms with Crippen LogP contribution in [-0.2, 0) is 13.0 Å². The summed E-state index contributed by atoms with van der Waals surface area (Å²) >= 11 is 12.2. The highest BCUT2D eigenvalue weighted by atomic mass is 35.5. The second-order valence-corrected chi connectivity index (χ2v) is 4.99. The van der Waals surface area contributed by atoms with Gasteiger partial charge in [0.1, 0.15) is 12.4 Å². The van der Waals surface area contributed by atoms with Crippen molar-refractivity contribution in [3.8, 4) is 5.75 Å². The number of hydrogen-bond donors (Lipinski definition) is 1. The average molecular weight is 296 g/mol. The molecule has 0 fully saturated rings. The summed E-state index contributed by atoms with van der Waals surface area (Å²) in [6.07, 6.45) is 0.837. The van der Waals surface area contributed by atoms with E-state index in [1.165, 1.54) is 0 Å². The topological polar surface area (TPSA) is 35.2 Å². The summed E-state index contributed by atoms with van der Waals surface area (Å²) < 4.78 is 5.73. The molecular formula is C15H15Cl2NO. The Morgan fingerprint density at radius 2 is 1.68 bits per heavy atom. The van der Waals surface area contributed by atoms with Crippen molar-refractivity contribution in [3.05, 3.63) is 63.6 Å². The van der Waals surface area contributed by atoms with E-state index in [4.69, 9.17) is 33.7 Å². The lowest BCUT2D eigenvalue weighted by Crippen LogP contribution is -2.03. The van der Waals surface area contributed by atoms with E-state index in [-0.39, 0.29) is 0 Å². The lowest BCUT2D eigenvalue weighted by atomic mass is 10.1. The van der Waals surface area contributed by atoms with E-state index in [1.807, 2.05) is 30.3 Å². The molecular weight excluding hydrogens is 281 g/mol. The highest BCUT2D eigenvalue weighted by molar-refractivity contribution is 6.35. The van der Waals surface area contributed by atoms with Gasteiger partial charge in [-0.1, -0.05) is 41.4 Å². The van der Waals surface area contributed by atoms with Crippen molar-refractivity contribution in [1.82, 2.24) is 0 Å². The van der Waals surface area contributed by atoms with Crippen molar-refractivity contribution < 1.29 is 4.74 Å². The van der Waals surface area contributed by atoms with Gasteiger partial charge in [0, 0.05) is 15.6 Å². The quantitative estimate of drug-likeness (QED) is 0.902. The van der Waals surface area contributed by atoms with Crippen molar-refractivity contribution >= 4 is 23.2 Å². The minimum absolute atomic E-state index is 0.352. The summed E-state index contributed by atoms with van der Waals surface area (Å²) in [5.41, 5.74) is 7.50. The molecule has 100 valence electrons. The summed E-state index contributed by atoms with van der Waals surface area (Å²) in [7, 11) is 0. The van der Waals surface area contributed by atoms with Crippen molar-refractivity contribution in [2.45, 2.75) is 13.0 Å². The fraction of sp³-hybridized carbons (Fsp3) is 0.200. The summed E-state index contributed by atoms with van der Waals surface area (Å²) in [6.45, 7) is 0.977. The SMILES string of the molecule is NCCc1cccc(OCc2c(Cl)cccc2Cl)c1. The Labute approximate surface area is 123 Å². The van der Waals surface area contributed by atoms with Crippen LogP contribution in [0, 0.1) is 0 Å². The minimum Gasteiger partial charge on any atom is -0.489 e. The van der Waals surface area contributed by atoms with Crippen LogP contribution in [0.25, 0.3) is 0 Å². The van der Waals surface area contributed by atoms with Crippen LogP contribution in [0.1, 0.15) is 11.1 Å². The number of rotatable bonds is 5. The van der Waals surface area contributed by atoms with Gasteiger partial charge in [0.15, 0.2) is 0 Å². The first-order valence-electron chi connectivity index (χ1n) is 6.05. The van der Waals surface area contributed by atoms with Gasteiger partial charge in [0.2, 0.25) is 0 Å². The number of hydrogen-bond acceptors (Lipinski definition) is 2. The Kier molecular flexibility index (Phi) is 5.08. The highest BCUT2D eigenvalue weighted by Crippen LogP contribution is 2.26. The van der Waals surface area contributed by atoms with E-state index >= 15 is 0 Å². The molecule has 4 heteroatoms. The van der Waals surface area contributed by atoms with Gasteiger partial charge in [-0.2, -0.15) is 0 Å². The van der Waals surface area contributed by atoms with Crippen LogP contribution >= 0.6 is 23.2 Å².